The van der Waals surface area contributed by atoms with Crippen molar-refractivity contribution in [1.29, 1.82) is 0 Å². The van der Waals surface area contributed by atoms with Gasteiger partial charge in [0, 0.05) is 24.6 Å². The van der Waals surface area contributed by atoms with Crippen LogP contribution in [0.25, 0.3) is 0 Å². The van der Waals surface area contributed by atoms with E-state index in [9.17, 15) is 9.59 Å². The topological polar surface area (TPSA) is 58.2 Å². The Balaban J connectivity index is 1.23. The van der Waals surface area contributed by atoms with Crippen molar-refractivity contribution in [2.45, 2.75) is 70.8 Å². The first-order chi connectivity index (χ1) is 13.0. The molecular weight excluding hydrogens is 336 g/mol. The molecule has 4 bridgehead atoms. The Hall–Kier alpha value is -1.84. The van der Waals surface area contributed by atoms with E-state index in [-0.39, 0.29) is 24.7 Å². The minimum atomic E-state index is -0.0903. The molecule has 0 heterocycles. The number of hydrogen-bond acceptors (Lipinski definition) is 2. The molecule has 1 aromatic rings. The van der Waals surface area contributed by atoms with Gasteiger partial charge in [-0.05, 0) is 79.4 Å². The third kappa shape index (κ3) is 4.20. The molecule has 0 atom stereocenters. The predicted octanol–water partition coefficient (Wildman–Crippen LogP) is 4.47. The van der Waals surface area contributed by atoms with Gasteiger partial charge in [-0.2, -0.15) is 0 Å². The van der Waals surface area contributed by atoms with Gasteiger partial charge in [0.05, 0.1) is 0 Å². The number of carbonyl (C=O) groups excluding carboxylic acids is 2. The van der Waals surface area contributed by atoms with Crippen molar-refractivity contribution in [3.63, 3.8) is 0 Å². The van der Waals surface area contributed by atoms with Gasteiger partial charge in [0.2, 0.25) is 11.8 Å². The first kappa shape index (κ1) is 18.5. The fraction of sp³-hybridized carbons (Fsp3) is 0.652. The third-order valence-corrected chi connectivity index (χ3v) is 6.99. The number of amides is 2. The zero-order valence-corrected chi connectivity index (χ0v) is 16.5. The molecule has 4 heteroatoms. The Morgan fingerprint density at radius 1 is 0.889 bits per heavy atom. The highest BCUT2D eigenvalue weighted by Crippen LogP contribution is 2.53. The molecule has 2 amide bonds. The average Bonchev–Trinajstić information content (AvgIpc) is 2.63. The summed E-state index contributed by atoms with van der Waals surface area (Å²) >= 11 is 0. The lowest BCUT2D eigenvalue weighted by Gasteiger charge is -2.54. The summed E-state index contributed by atoms with van der Waals surface area (Å²) in [5.74, 6) is 3.60. The molecule has 4 nitrogen and oxygen atoms in total. The normalized spacial score (nSPS) is 31.1. The number of nitrogens with one attached hydrogen (secondary N) is 2. The third-order valence-electron chi connectivity index (χ3n) is 6.99. The fourth-order valence-electron chi connectivity index (χ4n) is 5.82. The monoisotopic (exact) mass is 368 g/mol. The number of rotatable bonds is 6. The van der Waals surface area contributed by atoms with E-state index in [0.29, 0.717) is 23.8 Å². The van der Waals surface area contributed by atoms with Gasteiger partial charge in [0.1, 0.15) is 0 Å². The van der Waals surface area contributed by atoms with Crippen molar-refractivity contribution in [2.75, 3.05) is 5.32 Å². The van der Waals surface area contributed by atoms with Crippen LogP contribution in [-0.2, 0) is 9.59 Å². The van der Waals surface area contributed by atoms with Gasteiger partial charge in [-0.3, -0.25) is 9.59 Å². The summed E-state index contributed by atoms with van der Waals surface area (Å²) in [5, 5.41) is 6.18. The largest absolute Gasteiger partial charge is 0.353 e. The first-order valence-electron chi connectivity index (χ1n) is 10.7. The van der Waals surface area contributed by atoms with Gasteiger partial charge in [0.15, 0.2) is 0 Å². The van der Waals surface area contributed by atoms with E-state index in [0.717, 1.165) is 17.5 Å². The summed E-state index contributed by atoms with van der Waals surface area (Å²) in [5.41, 5.74) is 2.05. The van der Waals surface area contributed by atoms with Crippen LogP contribution in [0.2, 0.25) is 0 Å². The molecule has 5 rings (SSSR count). The standard InChI is InChI=1S/C23H32N2O2/c1-14(2)17-3-5-20(6-4-17)24-21(26)7-8-22(27)25-23-18-10-15-9-16(12-18)13-19(23)11-15/h3-6,14-16,18-19,23H,7-13H2,1-2H3,(H,24,26)(H,25,27). The average molecular weight is 369 g/mol. The van der Waals surface area contributed by atoms with Crippen LogP contribution in [0.1, 0.15) is 70.3 Å². The van der Waals surface area contributed by atoms with Crippen LogP contribution >= 0.6 is 0 Å². The van der Waals surface area contributed by atoms with Crippen molar-refractivity contribution in [3.8, 4) is 0 Å². The van der Waals surface area contributed by atoms with Crippen molar-refractivity contribution < 1.29 is 9.59 Å². The molecule has 27 heavy (non-hydrogen) atoms. The molecule has 0 radical (unpaired) electrons. The predicted molar refractivity (Wildman–Crippen MR) is 107 cm³/mol. The molecule has 146 valence electrons. The summed E-state index contributed by atoms with van der Waals surface area (Å²) < 4.78 is 0. The molecule has 2 N–H and O–H groups in total. The van der Waals surface area contributed by atoms with Gasteiger partial charge < -0.3 is 10.6 Å². The second-order valence-electron chi connectivity index (χ2n) is 9.35. The van der Waals surface area contributed by atoms with Gasteiger partial charge in [-0.15, -0.1) is 0 Å². The smallest absolute Gasteiger partial charge is 0.224 e. The van der Waals surface area contributed by atoms with E-state index in [4.69, 9.17) is 0 Å². The molecular formula is C23H32N2O2. The maximum Gasteiger partial charge on any atom is 0.224 e. The van der Waals surface area contributed by atoms with Crippen LogP contribution < -0.4 is 10.6 Å². The maximum absolute atomic E-state index is 12.4. The summed E-state index contributed by atoms with van der Waals surface area (Å²) in [6.45, 7) is 4.30. The van der Waals surface area contributed by atoms with Crippen LogP contribution in [0.15, 0.2) is 24.3 Å². The van der Waals surface area contributed by atoms with Crippen LogP contribution in [-0.4, -0.2) is 17.9 Å². The highest BCUT2D eigenvalue weighted by molar-refractivity contribution is 5.93. The van der Waals surface area contributed by atoms with Crippen LogP contribution in [0.5, 0.6) is 0 Å². The SMILES string of the molecule is CC(C)c1ccc(NC(=O)CCC(=O)NC2C3CC4CC(C3)CC2C4)cc1. The summed E-state index contributed by atoms with van der Waals surface area (Å²) in [7, 11) is 0. The van der Waals surface area contributed by atoms with Crippen LogP contribution in [0.4, 0.5) is 5.69 Å². The maximum atomic E-state index is 12.4. The second kappa shape index (κ2) is 7.65. The van der Waals surface area contributed by atoms with Gasteiger partial charge in [-0.25, -0.2) is 0 Å². The molecule has 0 aromatic heterocycles. The molecule has 0 aliphatic heterocycles. The van der Waals surface area contributed by atoms with E-state index in [1.54, 1.807) is 0 Å². The molecule has 0 unspecified atom stereocenters. The van der Waals surface area contributed by atoms with E-state index >= 15 is 0 Å². The molecule has 4 aliphatic carbocycles. The quantitative estimate of drug-likeness (QED) is 0.778. The van der Waals surface area contributed by atoms with Crippen molar-refractivity contribution in [3.05, 3.63) is 29.8 Å². The summed E-state index contributed by atoms with van der Waals surface area (Å²) in [6, 6.07) is 8.31. The van der Waals surface area contributed by atoms with E-state index in [1.807, 2.05) is 24.3 Å². The van der Waals surface area contributed by atoms with E-state index in [1.165, 1.54) is 37.7 Å². The molecule has 4 fully saturated rings. The number of carbonyl (C=O) groups is 2. The lowest BCUT2D eigenvalue weighted by Crippen LogP contribution is -2.55. The fourth-order valence-corrected chi connectivity index (χ4v) is 5.82. The number of hydrogen-bond donors (Lipinski definition) is 2. The first-order valence-corrected chi connectivity index (χ1v) is 10.7. The van der Waals surface area contributed by atoms with Gasteiger partial charge >= 0.3 is 0 Å². The molecule has 4 aliphatic rings. The Labute approximate surface area is 162 Å². The van der Waals surface area contributed by atoms with E-state index in [2.05, 4.69) is 24.5 Å². The minimum absolute atomic E-state index is 0.0396. The Morgan fingerprint density at radius 2 is 1.44 bits per heavy atom. The summed E-state index contributed by atoms with van der Waals surface area (Å²) in [4.78, 5) is 24.6. The second-order valence-corrected chi connectivity index (χ2v) is 9.35. The minimum Gasteiger partial charge on any atom is -0.353 e. The lowest BCUT2D eigenvalue weighted by molar-refractivity contribution is -0.127. The highest BCUT2D eigenvalue weighted by atomic mass is 16.2. The zero-order chi connectivity index (χ0) is 19.0. The molecule has 0 spiro atoms. The zero-order valence-electron chi connectivity index (χ0n) is 16.5. The number of benzene rings is 1. The molecule has 0 saturated heterocycles. The van der Waals surface area contributed by atoms with Crippen molar-refractivity contribution >= 4 is 17.5 Å². The Bertz CT molecular complexity index is 667. The molecule has 4 saturated carbocycles. The Kier molecular flexibility index (Phi) is 5.25. The molecule has 1 aromatic carbocycles. The highest BCUT2D eigenvalue weighted by Gasteiger charge is 2.48. The van der Waals surface area contributed by atoms with Crippen molar-refractivity contribution in [1.82, 2.24) is 5.32 Å². The number of anilines is 1. The van der Waals surface area contributed by atoms with E-state index < -0.39 is 0 Å². The van der Waals surface area contributed by atoms with Gasteiger partial charge in [-0.1, -0.05) is 26.0 Å². The van der Waals surface area contributed by atoms with Crippen LogP contribution in [0.3, 0.4) is 0 Å². The van der Waals surface area contributed by atoms with Crippen LogP contribution in [0, 0.1) is 23.7 Å². The lowest BCUT2D eigenvalue weighted by atomic mass is 9.54. The Morgan fingerprint density at radius 3 is 2.00 bits per heavy atom. The summed E-state index contributed by atoms with van der Waals surface area (Å²) in [6.07, 6.45) is 7.13. The van der Waals surface area contributed by atoms with Crippen molar-refractivity contribution in [2.24, 2.45) is 23.7 Å². The van der Waals surface area contributed by atoms with Gasteiger partial charge in [0.25, 0.3) is 0 Å².